The van der Waals surface area contributed by atoms with E-state index in [4.69, 9.17) is 5.11 Å². The molecule has 0 aliphatic heterocycles. The number of rotatable bonds is 4. The number of pyridine rings is 1. The third-order valence-electron chi connectivity index (χ3n) is 4.06. The molecule has 0 aliphatic rings. The molecule has 0 aliphatic carbocycles. The van der Waals surface area contributed by atoms with E-state index in [2.05, 4.69) is 20.3 Å². The summed E-state index contributed by atoms with van der Waals surface area (Å²) in [5.74, 6) is -0.164. The van der Waals surface area contributed by atoms with Gasteiger partial charge >= 0.3 is 5.97 Å². The van der Waals surface area contributed by atoms with E-state index in [0.29, 0.717) is 28.2 Å². The lowest BCUT2D eigenvalue weighted by molar-refractivity contribution is 0.0696. The average molecular weight is 358 g/mol. The van der Waals surface area contributed by atoms with E-state index < -0.39 is 5.97 Å². The first-order valence-corrected chi connectivity index (χ1v) is 8.16. The van der Waals surface area contributed by atoms with Gasteiger partial charge in [-0.05, 0) is 42.5 Å². The quantitative estimate of drug-likeness (QED) is 0.517. The highest BCUT2D eigenvalue weighted by Crippen LogP contribution is 2.22. The zero-order chi connectivity index (χ0) is 18.8. The molecule has 2 aromatic heterocycles. The number of aromatic carboxylic acids is 1. The molecule has 2 heterocycles. The number of carbonyl (C=O) groups is 2. The molecule has 1 amide bonds. The third kappa shape index (κ3) is 3.38. The molecule has 3 N–H and O–H groups in total. The number of H-pyrrole nitrogens is 1. The molecule has 0 saturated heterocycles. The fourth-order valence-corrected chi connectivity index (χ4v) is 2.68. The van der Waals surface area contributed by atoms with Crippen LogP contribution >= 0.6 is 0 Å². The van der Waals surface area contributed by atoms with Gasteiger partial charge in [0.25, 0.3) is 5.91 Å². The predicted octanol–water partition coefficient (Wildman–Crippen LogP) is 3.58. The van der Waals surface area contributed by atoms with Gasteiger partial charge in [0.2, 0.25) is 0 Å². The van der Waals surface area contributed by atoms with Crippen molar-refractivity contribution in [1.82, 2.24) is 15.0 Å². The minimum Gasteiger partial charge on any atom is -0.478 e. The van der Waals surface area contributed by atoms with Crippen molar-refractivity contribution in [3.63, 3.8) is 0 Å². The summed E-state index contributed by atoms with van der Waals surface area (Å²) in [6.07, 6.45) is 1.61. The molecule has 2 aromatic carbocycles. The van der Waals surface area contributed by atoms with E-state index in [0.717, 1.165) is 5.56 Å². The highest BCUT2D eigenvalue weighted by molar-refractivity contribution is 6.05. The van der Waals surface area contributed by atoms with Crippen molar-refractivity contribution in [2.45, 2.75) is 0 Å². The number of amides is 1. The van der Waals surface area contributed by atoms with Gasteiger partial charge in [0, 0.05) is 17.3 Å². The number of anilines is 1. The van der Waals surface area contributed by atoms with Crippen molar-refractivity contribution < 1.29 is 14.7 Å². The van der Waals surface area contributed by atoms with E-state index >= 15 is 0 Å². The van der Waals surface area contributed by atoms with Crippen LogP contribution in [0.25, 0.3) is 22.4 Å². The van der Waals surface area contributed by atoms with Crippen LogP contribution in [0.2, 0.25) is 0 Å². The Labute approximate surface area is 153 Å². The van der Waals surface area contributed by atoms with Crippen LogP contribution in [0.4, 0.5) is 5.82 Å². The minimum absolute atomic E-state index is 0.211. The standard InChI is InChI=1S/C20H14N4O3/c25-19(24-17-3-1-2-10-21-17)14-8-9-15-16(11-14)23-18(22-15)12-4-6-13(7-5-12)20(26)27/h1-11H,(H,22,23)(H,26,27)(H,21,24,25). The molecule has 0 spiro atoms. The Kier molecular flexibility index (Phi) is 4.10. The molecule has 0 saturated carbocycles. The number of aromatic nitrogens is 3. The largest absolute Gasteiger partial charge is 0.478 e. The molecule has 27 heavy (non-hydrogen) atoms. The number of carbonyl (C=O) groups excluding carboxylic acids is 1. The van der Waals surface area contributed by atoms with Crippen molar-refractivity contribution in [3.8, 4) is 11.4 Å². The van der Waals surface area contributed by atoms with Crippen molar-refractivity contribution >= 4 is 28.7 Å². The summed E-state index contributed by atoms with van der Waals surface area (Å²) in [5, 5.41) is 11.7. The lowest BCUT2D eigenvalue weighted by Crippen LogP contribution is -2.12. The molecule has 132 valence electrons. The third-order valence-corrected chi connectivity index (χ3v) is 4.06. The van der Waals surface area contributed by atoms with Gasteiger partial charge in [0.05, 0.1) is 16.6 Å². The van der Waals surface area contributed by atoms with Crippen molar-refractivity contribution in [2.75, 3.05) is 5.32 Å². The molecule has 0 bridgehead atoms. The molecule has 0 unspecified atom stereocenters. The summed E-state index contributed by atoms with van der Waals surface area (Å²) in [6.45, 7) is 0. The van der Waals surface area contributed by atoms with Crippen LogP contribution in [-0.4, -0.2) is 31.9 Å². The number of nitrogens with one attached hydrogen (secondary N) is 2. The van der Waals surface area contributed by atoms with E-state index in [-0.39, 0.29) is 11.5 Å². The Balaban J connectivity index is 1.61. The molecule has 4 aromatic rings. The second-order valence-corrected chi connectivity index (χ2v) is 5.87. The number of carboxylic acids is 1. The molecule has 7 nitrogen and oxygen atoms in total. The Hall–Kier alpha value is -4.00. The first-order valence-electron chi connectivity index (χ1n) is 8.16. The van der Waals surface area contributed by atoms with E-state index in [9.17, 15) is 9.59 Å². The van der Waals surface area contributed by atoms with E-state index in [1.807, 2.05) is 0 Å². The Morgan fingerprint density at radius 3 is 2.44 bits per heavy atom. The van der Waals surface area contributed by atoms with Crippen LogP contribution in [0, 0.1) is 0 Å². The maximum atomic E-state index is 12.4. The highest BCUT2D eigenvalue weighted by atomic mass is 16.4. The van der Waals surface area contributed by atoms with Crippen LogP contribution < -0.4 is 5.32 Å². The zero-order valence-corrected chi connectivity index (χ0v) is 14.0. The maximum Gasteiger partial charge on any atom is 0.335 e. The second-order valence-electron chi connectivity index (χ2n) is 5.87. The molecule has 0 radical (unpaired) electrons. The second kappa shape index (κ2) is 6.72. The Bertz CT molecular complexity index is 1140. The van der Waals surface area contributed by atoms with Gasteiger partial charge in [-0.3, -0.25) is 4.79 Å². The van der Waals surface area contributed by atoms with Gasteiger partial charge in [0.1, 0.15) is 11.6 Å². The number of hydrogen-bond acceptors (Lipinski definition) is 4. The number of nitrogens with zero attached hydrogens (tertiary/aromatic N) is 2. The smallest absolute Gasteiger partial charge is 0.335 e. The molecule has 0 fully saturated rings. The van der Waals surface area contributed by atoms with Crippen LogP contribution in [-0.2, 0) is 0 Å². The molecular formula is C20H14N4O3. The van der Waals surface area contributed by atoms with E-state index in [1.54, 1.807) is 54.7 Å². The van der Waals surface area contributed by atoms with Gasteiger partial charge < -0.3 is 15.4 Å². The fraction of sp³-hybridized carbons (Fsp3) is 0. The summed E-state index contributed by atoms with van der Waals surface area (Å²) < 4.78 is 0. The minimum atomic E-state index is -0.977. The van der Waals surface area contributed by atoms with E-state index in [1.165, 1.54) is 12.1 Å². The van der Waals surface area contributed by atoms with Crippen molar-refractivity contribution in [1.29, 1.82) is 0 Å². The topological polar surface area (TPSA) is 108 Å². The molecule has 7 heteroatoms. The SMILES string of the molecule is O=C(O)c1ccc(-c2nc3ccc(C(=O)Nc4ccccn4)cc3[nH]2)cc1. The fourth-order valence-electron chi connectivity index (χ4n) is 2.68. The lowest BCUT2D eigenvalue weighted by atomic mass is 10.1. The van der Waals surface area contributed by atoms with Gasteiger partial charge in [-0.15, -0.1) is 0 Å². The Morgan fingerprint density at radius 1 is 0.963 bits per heavy atom. The van der Waals surface area contributed by atoms with Crippen LogP contribution in [0.15, 0.2) is 66.9 Å². The van der Waals surface area contributed by atoms with Crippen molar-refractivity contribution in [2.24, 2.45) is 0 Å². The van der Waals surface area contributed by atoms with Gasteiger partial charge in [0.15, 0.2) is 0 Å². The summed E-state index contributed by atoms with van der Waals surface area (Å²) in [5.41, 5.74) is 2.87. The number of imidazole rings is 1. The van der Waals surface area contributed by atoms with Gasteiger partial charge in [-0.25, -0.2) is 14.8 Å². The molecule has 4 rings (SSSR count). The highest BCUT2D eigenvalue weighted by Gasteiger charge is 2.11. The number of aromatic amines is 1. The van der Waals surface area contributed by atoms with Gasteiger partial charge in [-0.1, -0.05) is 18.2 Å². The van der Waals surface area contributed by atoms with Gasteiger partial charge in [-0.2, -0.15) is 0 Å². The average Bonchev–Trinajstić information content (AvgIpc) is 3.12. The first-order chi connectivity index (χ1) is 13.1. The summed E-state index contributed by atoms with van der Waals surface area (Å²) in [4.78, 5) is 35.1. The number of hydrogen-bond donors (Lipinski definition) is 3. The Morgan fingerprint density at radius 2 is 1.74 bits per heavy atom. The monoisotopic (exact) mass is 358 g/mol. The van der Waals surface area contributed by atoms with Crippen molar-refractivity contribution in [3.05, 3.63) is 78.0 Å². The van der Waals surface area contributed by atoms with Crippen LogP contribution in [0.5, 0.6) is 0 Å². The predicted molar refractivity (Wildman–Crippen MR) is 101 cm³/mol. The molecule has 0 atom stereocenters. The number of fused-ring (bicyclic) bond motifs is 1. The normalized spacial score (nSPS) is 10.7. The lowest BCUT2D eigenvalue weighted by Gasteiger charge is -2.03. The first kappa shape index (κ1) is 16.5. The summed E-state index contributed by atoms with van der Waals surface area (Å²) >= 11 is 0. The maximum absolute atomic E-state index is 12.4. The number of carboxylic acid groups (broad SMARTS) is 1. The summed E-state index contributed by atoms with van der Waals surface area (Å²) in [7, 11) is 0. The van der Waals surface area contributed by atoms with Crippen LogP contribution in [0.3, 0.4) is 0 Å². The number of benzene rings is 2. The molecular weight excluding hydrogens is 344 g/mol. The van der Waals surface area contributed by atoms with Crippen LogP contribution in [0.1, 0.15) is 20.7 Å². The summed E-state index contributed by atoms with van der Waals surface area (Å²) in [6, 6.07) is 16.9. The zero-order valence-electron chi connectivity index (χ0n) is 14.0.